The Kier molecular flexibility index (Phi) is 6.40. The van der Waals surface area contributed by atoms with Gasteiger partial charge >= 0.3 is 0 Å². The Morgan fingerprint density at radius 1 is 1.27 bits per heavy atom. The van der Waals surface area contributed by atoms with Gasteiger partial charge in [-0.2, -0.15) is 5.10 Å². The van der Waals surface area contributed by atoms with Gasteiger partial charge < -0.3 is 9.64 Å². The summed E-state index contributed by atoms with van der Waals surface area (Å²) in [5, 5.41) is 4.76. The van der Waals surface area contributed by atoms with Crippen molar-refractivity contribution in [2.75, 3.05) is 40.9 Å². The molecule has 6 nitrogen and oxygen atoms in total. The van der Waals surface area contributed by atoms with E-state index in [1.807, 2.05) is 0 Å². The SMILES string of the molecule is COCCc1nc(CN2CCC(N(C)C)C2)n(Cc2cccc(C)c2)n1. The Bertz CT molecular complexity index is 712. The number of hydrogen-bond acceptors (Lipinski definition) is 5. The second-order valence-electron chi connectivity index (χ2n) is 7.47. The number of rotatable bonds is 8. The van der Waals surface area contributed by atoms with Gasteiger partial charge in [0, 0.05) is 32.7 Å². The van der Waals surface area contributed by atoms with Gasteiger partial charge in [0.05, 0.1) is 19.7 Å². The largest absolute Gasteiger partial charge is 0.384 e. The summed E-state index contributed by atoms with van der Waals surface area (Å²) >= 11 is 0. The van der Waals surface area contributed by atoms with Crippen LogP contribution in [0, 0.1) is 6.92 Å². The van der Waals surface area contributed by atoms with Gasteiger partial charge in [-0.3, -0.25) is 4.90 Å². The summed E-state index contributed by atoms with van der Waals surface area (Å²) in [6.45, 7) is 6.62. The van der Waals surface area contributed by atoms with E-state index in [1.54, 1.807) is 7.11 Å². The normalized spacial score (nSPS) is 18.1. The monoisotopic (exact) mass is 357 g/mol. The number of hydrogen-bond donors (Lipinski definition) is 0. The molecule has 0 N–H and O–H groups in total. The van der Waals surface area contributed by atoms with Crippen molar-refractivity contribution in [2.45, 2.75) is 38.9 Å². The Morgan fingerprint density at radius 3 is 2.81 bits per heavy atom. The van der Waals surface area contributed by atoms with E-state index < -0.39 is 0 Å². The third-order valence-corrected chi connectivity index (χ3v) is 5.08. The minimum absolute atomic E-state index is 0.635. The predicted octanol–water partition coefficient (Wildman–Crippen LogP) is 1.96. The number of aryl methyl sites for hydroxylation is 1. The number of aromatic nitrogens is 3. The number of benzene rings is 1. The van der Waals surface area contributed by atoms with Crippen molar-refractivity contribution in [3.05, 3.63) is 47.0 Å². The minimum Gasteiger partial charge on any atom is -0.384 e. The van der Waals surface area contributed by atoms with Crippen LogP contribution in [-0.2, 0) is 24.2 Å². The van der Waals surface area contributed by atoms with Crippen LogP contribution in [0.1, 0.15) is 29.2 Å². The van der Waals surface area contributed by atoms with Crippen LogP contribution in [0.4, 0.5) is 0 Å². The third kappa shape index (κ3) is 4.90. The molecule has 1 unspecified atom stereocenters. The molecule has 1 aliphatic rings. The first-order valence-corrected chi connectivity index (χ1v) is 9.41. The van der Waals surface area contributed by atoms with E-state index in [0.717, 1.165) is 44.2 Å². The molecule has 2 heterocycles. The highest BCUT2D eigenvalue weighted by molar-refractivity contribution is 5.22. The highest BCUT2D eigenvalue weighted by Crippen LogP contribution is 2.17. The molecular weight excluding hydrogens is 326 g/mol. The number of likely N-dealkylation sites (N-methyl/N-ethyl adjacent to an activating group) is 1. The molecule has 1 saturated heterocycles. The van der Waals surface area contributed by atoms with E-state index in [2.05, 4.69) is 59.8 Å². The minimum atomic E-state index is 0.635. The van der Waals surface area contributed by atoms with Crippen LogP contribution in [0.2, 0.25) is 0 Å². The highest BCUT2D eigenvalue weighted by Gasteiger charge is 2.25. The van der Waals surface area contributed by atoms with E-state index in [9.17, 15) is 0 Å². The van der Waals surface area contributed by atoms with E-state index >= 15 is 0 Å². The van der Waals surface area contributed by atoms with Gasteiger partial charge in [-0.25, -0.2) is 9.67 Å². The van der Waals surface area contributed by atoms with Gasteiger partial charge in [0.2, 0.25) is 0 Å². The Morgan fingerprint density at radius 2 is 2.12 bits per heavy atom. The summed E-state index contributed by atoms with van der Waals surface area (Å²) in [5.74, 6) is 1.93. The Balaban J connectivity index is 1.75. The van der Waals surface area contributed by atoms with Crippen LogP contribution in [-0.4, -0.2) is 71.5 Å². The highest BCUT2D eigenvalue weighted by atomic mass is 16.5. The summed E-state index contributed by atoms with van der Waals surface area (Å²) in [7, 11) is 6.05. The fourth-order valence-electron chi connectivity index (χ4n) is 3.53. The van der Waals surface area contributed by atoms with Crippen molar-refractivity contribution < 1.29 is 4.74 Å². The van der Waals surface area contributed by atoms with Gasteiger partial charge in [0.1, 0.15) is 5.82 Å². The number of methoxy groups -OCH3 is 1. The standard InChI is InChI=1S/C20H31N5O/c1-16-6-5-7-17(12-16)13-25-20(21-19(22-25)9-11-26-4)15-24-10-8-18(14-24)23(2)3/h5-7,12,18H,8-11,13-15H2,1-4H3. The van der Waals surface area contributed by atoms with Crippen molar-refractivity contribution in [3.63, 3.8) is 0 Å². The van der Waals surface area contributed by atoms with E-state index in [0.29, 0.717) is 12.6 Å². The first-order chi connectivity index (χ1) is 12.5. The molecule has 0 bridgehead atoms. The molecule has 1 aromatic carbocycles. The molecule has 0 radical (unpaired) electrons. The average Bonchev–Trinajstić information content (AvgIpc) is 3.21. The smallest absolute Gasteiger partial charge is 0.153 e. The number of likely N-dealkylation sites (tertiary alicyclic amines) is 1. The zero-order valence-corrected chi connectivity index (χ0v) is 16.5. The molecule has 0 amide bonds. The van der Waals surface area contributed by atoms with Crippen molar-refractivity contribution in [1.82, 2.24) is 24.6 Å². The molecular formula is C20H31N5O. The lowest BCUT2D eigenvalue weighted by molar-refractivity contribution is 0.200. The maximum absolute atomic E-state index is 5.20. The maximum Gasteiger partial charge on any atom is 0.153 e. The summed E-state index contributed by atoms with van der Waals surface area (Å²) in [6.07, 6.45) is 1.97. The topological polar surface area (TPSA) is 46.4 Å². The van der Waals surface area contributed by atoms with Crippen LogP contribution in [0.15, 0.2) is 24.3 Å². The molecule has 0 saturated carbocycles. The van der Waals surface area contributed by atoms with Crippen LogP contribution in [0.25, 0.3) is 0 Å². The molecule has 0 spiro atoms. The molecule has 0 aliphatic carbocycles. The summed E-state index contributed by atoms with van der Waals surface area (Å²) in [6, 6.07) is 9.25. The van der Waals surface area contributed by atoms with Crippen LogP contribution < -0.4 is 0 Å². The summed E-state index contributed by atoms with van der Waals surface area (Å²) < 4.78 is 7.27. The first-order valence-electron chi connectivity index (χ1n) is 9.41. The van der Waals surface area contributed by atoms with Gasteiger partial charge in [0.25, 0.3) is 0 Å². The number of nitrogens with zero attached hydrogens (tertiary/aromatic N) is 5. The van der Waals surface area contributed by atoms with E-state index in [-0.39, 0.29) is 0 Å². The second kappa shape index (κ2) is 8.75. The van der Waals surface area contributed by atoms with Crippen molar-refractivity contribution >= 4 is 0 Å². The molecule has 2 aromatic rings. The Labute approximate surface area is 156 Å². The van der Waals surface area contributed by atoms with E-state index in [4.69, 9.17) is 14.8 Å². The molecule has 6 heteroatoms. The van der Waals surface area contributed by atoms with Gasteiger partial charge in [-0.05, 0) is 33.0 Å². The lowest BCUT2D eigenvalue weighted by atomic mass is 10.1. The fourth-order valence-corrected chi connectivity index (χ4v) is 3.53. The predicted molar refractivity (Wildman–Crippen MR) is 103 cm³/mol. The van der Waals surface area contributed by atoms with Crippen LogP contribution >= 0.6 is 0 Å². The zero-order valence-electron chi connectivity index (χ0n) is 16.5. The van der Waals surface area contributed by atoms with Crippen molar-refractivity contribution in [3.8, 4) is 0 Å². The summed E-state index contributed by atoms with van der Waals surface area (Å²) in [5.41, 5.74) is 2.54. The van der Waals surface area contributed by atoms with Crippen molar-refractivity contribution in [1.29, 1.82) is 0 Å². The molecule has 3 rings (SSSR count). The Hall–Kier alpha value is -1.76. The van der Waals surface area contributed by atoms with Crippen LogP contribution in [0.3, 0.4) is 0 Å². The first kappa shape index (κ1) is 19.0. The summed E-state index contributed by atoms with van der Waals surface area (Å²) in [4.78, 5) is 9.62. The van der Waals surface area contributed by atoms with E-state index in [1.165, 1.54) is 17.5 Å². The number of ether oxygens (including phenoxy) is 1. The van der Waals surface area contributed by atoms with Gasteiger partial charge in [-0.1, -0.05) is 29.8 Å². The quantitative estimate of drug-likeness (QED) is 0.723. The molecule has 26 heavy (non-hydrogen) atoms. The van der Waals surface area contributed by atoms with Crippen molar-refractivity contribution in [2.24, 2.45) is 0 Å². The maximum atomic E-state index is 5.20. The van der Waals surface area contributed by atoms with Gasteiger partial charge in [0.15, 0.2) is 5.82 Å². The third-order valence-electron chi connectivity index (χ3n) is 5.08. The zero-order chi connectivity index (χ0) is 18.5. The fraction of sp³-hybridized carbons (Fsp3) is 0.600. The molecule has 1 atom stereocenters. The molecule has 1 aliphatic heterocycles. The molecule has 1 fully saturated rings. The lowest BCUT2D eigenvalue weighted by Crippen LogP contribution is -2.31. The lowest BCUT2D eigenvalue weighted by Gasteiger charge is -2.20. The second-order valence-corrected chi connectivity index (χ2v) is 7.47. The molecule has 1 aromatic heterocycles. The molecule has 142 valence electrons. The van der Waals surface area contributed by atoms with Gasteiger partial charge in [-0.15, -0.1) is 0 Å². The van der Waals surface area contributed by atoms with Crippen LogP contribution in [0.5, 0.6) is 0 Å². The average molecular weight is 358 g/mol.